The van der Waals surface area contributed by atoms with E-state index in [1.807, 2.05) is 57.2 Å². The van der Waals surface area contributed by atoms with Crippen LogP contribution in [0.2, 0.25) is 0 Å². The minimum Gasteiger partial charge on any atom is -0.455 e. The normalized spacial score (nSPS) is 16.1. The minimum atomic E-state index is -0.576. The highest BCUT2D eigenvalue weighted by atomic mass is 79.9. The molecular formula is C22H23BrN2O4. The molecule has 0 bridgehead atoms. The van der Waals surface area contributed by atoms with Crippen molar-refractivity contribution in [3.05, 3.63) is 57.6 Å². The molecule has 1 aliphatic heterocycles. The van der Waals surface area contributed by atoms with Gasteiger partial charge in [-0.1, -0.05) is 33.6 Å². The molecule has 2 aromatic carbocycles. The molecule has 152 valence electrons. The Morgan fingerprint density at radius 1 is 1.14 bits per heavy atom. The smallest absolute Gasteiger partial charge is 0.311 e. The highest BCUT2D eigenvalue weighted by molar-refractivity contribution is 9.10. The van der Waals surface area contributed by atoms with E-state index in [9.17, 15) is 14.4 Å². The maximum absolute atomic E-state index is 12.4. The first kappa shape index (κ1) is 21.0. The van der Waals surface area contributed by atoms with Crippen LogP contribution >= 0.6 is 15.9 Å². The van der Waals surface area contributed by atoms with Gasteiger partial charge in [-0.2, -0.15) is 0 Å². The van der Waals surface area contributed by atoms with E-state index in [-0.39, 0.29) is 25.5 Å². The Kier molecular flexibility index (Phi) is 6.37. The Balaban J connectivity index is 1.54. The van der Waals surface area contributed by atoms with Gasteiger partial charge in [0.25, 0.3) is 5.91 Å². The number of carbonyl (C=O) groups is 3. The van der Waals surface area contributed by atoms with Gasteiger partial charge < -0.3 is 15.0 Å². The largest absolute Gasteiger partial charge is 0.455 e. The standard InChI is InChI=1S/C22H23BrN2O4/c1-13-4-6-17(7-5-13)25-11-16(10-21(25)27)22(28)29-12-20(26)24-19-9-14(2)18(23)8-15(19)3/h4-9,16H,10-12H2,1-3H3,(H,24,26)/t16-/m0/s1. The molecule has 7 heteroatoms. The van der Waals surface area contributed by atoms with Crippen LogP contribution in [0.5, 0.6) is 0 Å². The van der Waals surface area contributed by atoms with Crippen molar-refractivity contribution in [1.29, 1.82) is 0 Å². The topological polar surface area (TPSA) is 75.7 Å². The van der Waals surface area contributed by atoms with Gasteiger partial charge in [0.1, 0.15) is 0 Å². The number of anilines is 2. The fraction of sp³-hybridized carbons (Fsp3) is 0.318. The lowest BCUT2D eigenvalue weighted by Gasteiger charge is -2.16. The summed E-state index contributed by atoms with van der Waals surface area (Å²) in [5, 5.41) is 2.76. The average molecular weight is 459 g/mol. The van der Waals surface area contributed by atoms with Gasteiger partial charge in [0.15, 0.2) is 6.61 Å². The Labute approximate surface area is 178 Å². The van der Waals surface area contributed by atoms with Gasteiger partial charge in [0, 0.05) is 28.8 Å². The Morgan fingerprint density at radius 3 is 2.52 bits per heavy atom. The summed E-state index contributed by atoms with van der Waals surface area (Å²) in [4.78, 5) is 38.4. The van der Waals surface area contributed by atoms with Crippen molar-refractivity contribution in [3.8, 4) is 0 Å². The molecule has 0 saturated carbocycles. The van der Waals surface area contributed by atoms with Crippen LogP contribution in [0.3, 0.4) is 0 Å². The zero-order valence-corrected chi connectivity index (χ0v) is 18.2. The molecule has 0 radical (unpaired) electrons. The summed E-state index contributed by atoms with van der Waals surface area (Å²) in [7, 11) is 0. The number of nitrogens with zero attached hydrogens (tertiary/aromatic N) is 1. The molecule has 0 unspecified atom stereocenters. The number of carbonyl (C=O) groups excluding carboxylic acids is 3. The predicted molar refractivity (Wildman–Crippen MR) is 115 cm³/mol. The van der Waals surface area contributed by atoms with Crippen LogP contribution in [0.15, 0.2) is 40.9 Å². The molecule has 1 N–H and O–H groups in total. The number of benzene rings is 2. The van der Waals surface area contributed by atoms with Crippen molar-refractivity contribution in [2.75, 3.05) is 23.4 Å². The quantitative estimate of drug-likeness (QED) is 0.689. The van der Waals surface area contributed by atoms with E-state index >= 15 is 0 Å². The summed E-state index contributed by atoms with van der Waals surface area (Å²) < 4.78 is 6.13. The van der Waals surface area contributed by atoms with Crippen molar-refractivity contribution in [2.45, 2.75) is 27.2 Å². The minimum absolute atomic E-state index is 0.0827. The van der Waals surface area contributed by atoms with E-state index in [2.05, 4.69) is 21.2 Å². The molecule has 2 amide bonds. The Bertz CT molecular complexity index is 956. The van der Waals surface area contributed by atoms with Crippen LogP contribution in [-0.4, -0.2) is 30.9 Å². The Hall–Kier alpha value is -2.67. The number of esters is 1. The van der Waals surface area contributed by atoms with Crippen molar-refractivity contribution < 1.29 is 19.1 Å². The molecule has 1 saturated heterocycles. The molecule has 0 aliphatic carbocycles. The van der Waals surface area contributed by atoms with Gasteiger partial charge >= 0.3 is 5.97 Å². The lowest BCUT2D eigenvalue weighted by molar-refractivity contribution is -0.151. The molecule has 29 heavy (non-hydrogen) atoms. The predicted octanol–water partition coefficient (Wildman–Crippen LogP) is 3.91. The summed E-state index contributed by atoms with van der Waals surface area (Å²) in [6.45, 7) is 5.65. The van der Waals surface area contributed by atoms with Crippen molar-refractivity contribution >= 4 is 45.1 Å². The molecule has 1 fully saturated rings. The zero-order valence-electron chi connectivity index (χ0n) is 16.6. The number of halogens is 1. The highest BCUT2D eigenvalue weighted by Crippen LogP contribution is 2.27. The second-order valence-corrected chi connectivity index (χ2v) is 8.17. The number of aryl methyl sites for hydroxylation is 3. The summed E-state index contributed by atoms with van der Waals surface area (Å²) in [6.07, 6.45) is 0.0827. The van der Waals surface area contributed by atoms with Crippen LogP contribution in [0.1, 0.15) is 23.1 Å². The maximum atomic E-state index is 12.4. The first-order valence-electron chi connectivity index (χ1n) is 9.35. The SMILES string of the molecule is Cc1ccc(N2C[C@@H](C(=O)OCC(=O)Nc3cc(C)c(Br)cc3C)CC2=O)cc1. The molecule has 6 nitrogen and oxygen atoms in total. The average Bonchev–Trinajstić information content (AvgIpc) is 3.06. The fourth-order valence-corrected chi connectivity index (χ4v) is 3.65. The second kappa shape index (κ2) is 8.78. The third-order valence-corrected chi connectivity index (χ3v) is 5.78. The molecule has 0 spiro atoms. The lowest BCUT2D eigenvalue weighted by Crippen LogP contribution is -2.28. The zero-order chi connectivity index (χ0) is 21.1. The fourth-order valence-electron chi connectivity index (χ4n) is 3.20. The van der Waals surface area contributed by atoms with Crippen molar-refractivity contribution in [3.63, 3.8) is 0 Å². The lowest BCUT2D eigenvalue weighted by atomic mass is 10.1. The summed E-state index contributed by atoms with van der Waals surface area (Å²) in [5.41, 5.74) is 4.42. The maximum Gasteiger partial charge on any atom is 0.311 e. The van der Waals surface area contributed by atoms with E-state index in [1.165, 1.54) is 0 Å². The van der Waals surface area contributed by atoms with Gasteiger partial charge in [-0.05, 0) is 56.2 Å². The Morgan fingerprint density at radius 2 is 1.83 bits per heavy atom. The van der Waals surface area contributed by atoms with Crippen LogP contribution < -0.4 is 10.2 Å². The first-order valence-corrected chi connectivity index (χ1v) is 10.1. The van der Waals surface area contributed by atoms with E-state index in [1.54, 1.807) is 4.90 Å². The number of amides is 2. The number of nitrogens with one attached hydrogen (secondary N) is 1. The third-order valence-electron chi connectivity index (χ3n) is 4.93. The summed E-state index contributed by atoms with van der Waals surface area (Å²) >= 11 is 3.45. The van der Waals surface area contributed by atoms with Crippen LogP contribution in [0, 0.1) is 26.7 Å². The van der Waals surface area contributed by atoms with Gasteiger partial charge in [-0.25, -0.2) is 0 Å². The van der Waals surface area contributed by atoms with Crippen LogP contribution in [0.25, 0.3) is 0 Å². The molecule has 2 aromatic rings. The van der Waals surface area contributed by atoms with Crippen molar-refractivity contribution in [1.82, 2.24) is 0 Å². The van der Waals surface area contributed by atoms with E-state index < -0.39 is 17.8 Å². The summed E-state index contributed by atoms with van der Waals surface area (Å²) in [5.74, 6) is -1.65. The van der Waals surface area contributed by atoms with E-state index in [0.717, 1.165) is 26.9 Å². The number of hydrogen-bond acceptors (Lipinski definition) is 4. The number of rotatable bonds is 5. The van der Waals surface area contributed by atoms with Gasteiger partial charge in [0.05, 0.1) is 5.92 Å². The first-order chi connectivity index (χ1) is 13.7. The van der Waals surface area contributed by atoms with Gasteiger partial charge in [-0.15, -0.1) is 0 Å². The monoisotopic (exact) mass is 458 g/mol. The van der Waals surface area contributed by atoms with E-state index in [4.69, 9.17) is 4.74 Å². The van der Waals surface area contributed by atoms with Crippen LogP contribution in [0.4, 0.5) is 11.4 Å². The molecule has 1 atom stereocenters. The molecule has 1 heterocycles. The highest BCUT2D eigenvalue weighted by Gasteiger charge is 2.36. The van der Waals surface area contributed by atoms with Crippen molar-refractivity contribution in [2.24, 2.45) is 5.92 Å². The van der Waals surface area contributed by atoms with Gasteiger partial charge in [-0.3, -0.25) is 14.4 Å². The van der Waals surface area contributed by atoms with E-state index in [0.29, 0.717) is 5.69 Å². The number of hydrogen-bond donors (Lipinski definition) is 1. The van der Waals surface area contributed by atoms with Crippen LogP contribution in [-0.2, 0) is 19.1 Å². The molecule has 0 aromatic heterocycles. The molecular weight excluding hydrogens is 436 g/mol. The molecule has 3 rings (SSSR count). The van der Waals surface area contributed by atoms with Gasteiger partial charge in [0.2, 0.25) is 5.91 Å². The number of ether oxygens (including phenoxy) is 1. The summed E-state index contributed by atoms with van der Waals surface area (Å²) in [6, 6.07) is 11.3. The second-order valence-electron chi connectivity index (χ2n) is 7.31. The third kappa shape index (κ3) is 5.03. The molecule has 1 aliphatic rings.